The van der Waals surface area contributed by atoms with Crippen LogP contribution in [0.4, 0.5) is 0 Å². The molecule has 0 rings (SSSR count). The van der Waals surface area contributed by atoms with Gasteiger partial charge in [-0.15, -0.1) is 0 Å². The lowest BCUT2D eigenvalue weighted by Gasteiger charge is -2.35. The summed E-state index contributed by atoms with van der Waals surface area (Å²) in [4.78, 5) is 31.5. The van der Waals surface area contributed by atoms with Crippen molar-refractivity contribution < 1.29 is 23.9 Å². The maximum absolute atomic E-state index is 12.5. The number of ether oxygens (including phenoxy) is 1. The zero-order valence-electron chi connectivity index (χ0n) is 17.3. The summed E-state index contributed by atoms with van der Waals surface area (Å²) in [6.45, 7) is 7.60. The van der Waals surface area contributed by atoms with Gasteiger partial charge in [0.05, 0.1) is 17.7 Å². The van der Waals surface area contributed by atoms with E-state index in [1.807, 2.05) is 0 Å². The van der Waals surface area contributed by atoms with Gasteiger partial charge < -0.3 is 14.5 Å². The number of esters is 1. The average molecular weight is 393 g/mol. The molecule has 6 heteroatoms. The standard InChI is InChI=1S/C20H41O5P/c1-5-8-9-10-11-12-13-14-15-16-17-25-19(21)20(6-2,7-3)18(4)26(22,23)24/h18H,5-17H2,1-4H3,(H2,22,23,24). The van der Waals surface area contributed by atoms with Crippen LogP contribution < -0.4 is 0 Å². The fourth-order valence-corrected chi connectivity index (χ4v) is 4.63. The van der Waals surface area contributed by atoms with Crippen molar-refractivity contribution in [1.29, 1.82) is 0 Å². The molecule has 0 heterocycles. The maximum atomic E-state index is 12.5. The normalized spacial score (nSPS) is 13.6. The molecule has 156 valence electrons. The lowest BCUT2D eigenvalue weighted by molar-refractivity contribution is -0.157. The van der Waals surface area contributed by atoms with E-state index in [2.05, 4.69) is 6.92 Å². The second-order valence-corrected chi connectivity index (χ2v) is 9.40. The summed E-state index contributed by atoms with van der Waals surface area (Å²) in [6.07, 6.45) is 12.8. The smallest absolute Gasteiger partial charge is 0.329 e. The minimum absolute atomic E-state index is 0.338. The minimum Gasteiger partial charge on any atom is -0.465 e. The van der Waals surface area contributed by atoms with Crippen LogP contribution in [-0.4, -0.2) is 28.0 Å². The number of carbonyl (C=O) groups excluding carboxylic acids is 1. The van der Waals surface area contributed by atoms with Gasteiger partial charge in [0.1, 0.15) is 0 Å². The van der Waals surface area contributed by atoms with E-state index in [0.29, 0.717) is 19.4 Å². The van der Waals surface area contributed by atoms with E-state index in [-0.39, 0.29) is 0 Å². The summed E-state index contributed by atoms with van der Waals surface area (Å²) in [7, 11) is -4.33. The van der Waals surface area contributed by atoms with Gasteiger partial charge in [-0.1, -0.05) is 78.6 Å². The van der Waals surface area contributed by atoms with Crippen molar-refractivity contribution in [2.75, 3.05) is 6.61 Å². The quantitative estimate of drug-likeness (QED) is 0.196. The van der Waals surface area contributed by atoms with Crippen molar-refractivity contribution in [3.8, 4) is 0 Å². The highest BCUT2D eigenvalue weighted by atomic mass is 31.2. The third kappa shape index (κ3) is 9.01. The molecule has 0 radical (unpaired) electrons. The van der Waals surface area contributed by atoms with Crippen molar-refractivity contribution in [3.05, 3.63) is 0 Å². The second kappa shape index (κ2) is 13.7. The molecule has 0 saturated carbocycles. The summed E-state index contributed by atoms with van der Waals surface area (Å²) in [6, 6.07) is 0. The van der Waals surface area contributed by atoms with Crippen molar-refractivity contribution in [2.24, 2.45) is 5.41 Å². The second-order valence-electron chi connectivity index (χ2n) is 7.45. The van der Waals surface area contributed by atoms with Crippen LogP contribution in [0.25, 0.3) is 0 Å². The third-order valence-electron chi connectivity index (χ3n) is 5.70. The number of hydrogen-bond donors (Lipinski definition) is 2. The highest BCUT2D eigenvalue weighted by Crippen LogP contribution is 2.52. The van der Waals surface area contributed by atoms with E-state index in [0.717, 1.165) is 19.3 Å². The molecule has 0 saturated heterocycles. The molecule has 0 spiro atoms. The van der Waals surface area contributed by atoms with E-state index in [9.17, 15) is 19.1 Å². The van der Waals surface area contributed by atoms with Crippen LogP contribution in [0.5, 0.6) is 0 Å². The van der Waals surface area contributed by atoms with Gasteiger partial charge >= 0.3 is 13.6 Å². The topological polar surface area (TPSA) is 83.8 Å². The van der Waals surface area contributed by atoms with Gasteiger partial charge in [-0.05, 0) is 26.2 Å². The van der Waals surface area contributed by atoms with Crippen LogP contribution in [0.2, 0.25) is 0 Å². The van der Waals surface area contributed by atoms with Gasteiger partial charge in [0.15, 0.2) is 0 Å². The first kappa shape index (κ1) is 25.6. The summed E-state index contributed by atoms with van der Waals surface area (Å²) in [5, 5.41) is 0. The Morgan fingerprint density at radius 1 is 0.885 bits per heavy atom. The lowest BCUT2D eigenvalue weighted by Crippen LogP contribution is -2.41. The molecule has 0 aliphatic rings. The summed E-state index contributed by atoms with van der Waals surface area (Å²) < 4.78 is 17.0. The van der Waals surface area contributed by atoms with Crippen molar-refractivity contribution in [3.63, 3.8) is 0 Å². The summed E-state index contributed by atoms with van der Waals surface area (Å²) in [5.41, 5.74) is -2.12. The minimum atomic E-state index is -4.33. The van der Waals surface area contributed by atoms with E-state index < -0.39 is 24.6 Å². The monoisotopic (exact) mass is 392 g/mol. The highest BCUT2D eigenvalue weighted by Gasteiger charge is 2.49. The molecule has 0 fully saturated rings. The summed E-state index contributed by atoms with van der Waals surface area (Å²) >= 11 is 0. The van der Waals surface area contributed by atoms with E-state index >= 15 is 0 Å². The molecule has 0 aliphatic carbocycles. The van der Waals surface area contributed by atoms with Crippen LogP contribution >= 0.6 is 7.60 Å². The van der Waals surface area contributed by atoms with Crippen LogP contribution in [0.15, 0.2) is 0 Å². The van der Waals surface area contributed by atoms with Crippen molar-refractivity contribution in [1.82, 2.24) is 0 Å². The highest BCUT2D eigenvalue weighted by molar-refractivity contribution is 7.52. The largest absolute Gasteiger partial charge is 0.465 e. The molecule has 0 aromatic carbocycles. The van der Waals surface area contributed by atoms with E-state index in [1.54, 1.807) is 13.8 Å². The first-order valence-electron chi connectivity index (χ1n) is 10.5. The van der Waals surface area contributed by atoms with Crippen LogP contribution in [0.1, 0.15) is 105 Å². The summed E-state index contributed by atoms with van der Waals surface area (Å²) in [5.74, 6) is -0.464. The Hall–Kier alpha value is -0.380. The van der Waals surface area contributed by atoms with Gasteiger partial charge in [-0.3, -0.25) is 9.36 Å². The zero-order valence-corrected chi connectivity index (χ0v) is 18.2. The van der Waals surface area contributed by atoms with E-state index in [1.165, 1.54) is 51.9 Å². The molecule has 1 atom stereocenters. The van der Waals surface area contributed by atoms with E-state index in [4.69, 9.17) is 4.74 Å². The molecular weight excluding hydrogens is 351 g/mol. The molecule has 0 aliphatic heterocycles. The molecule has 2 N–H and O–H groups in total. The lowest BCUT2D eigenvalue weighted by atomic mass is 9.79. The number of carbonyl (C=O) groups is 1. The molecule has 26 heavy (non-hydrogen) atoms. The first-order chi connectivity index (χ1) is 12.3. The number of hydrogen-bond acceptors (Lipinski definition) is 3. The van der Waals surface area contributed by atoms with Crippen LogP contribution in [-0.2, 0) is 14.1 Å². The van der Waals surface area contributed by atoms with Crippen LogP contribution in [0, 0.1) is 5.41 Å². The molecule has 0 aromatic rings. The molecule has 0 bridgehead atoms. The Labute approximate surface area is 160 Å². The molecular formula is C20H41O5P. The van der Waals surface area contributed by atoms with Crippen molar-refractivity contribution >= 4 is 13.6 Å². The fourth-order valence-electron chi connectivity index (χ4n) is 3.52. The Balaban J connectivity index is 4.07. The fraction of sp³-hybridized carbons (Fsp3) is 0.950. The predicted octanol–water partition coefficient (Wildman–Crippen LogP) is 5.82. The Kier molecular flexibility index (Phi) is 13.5. The van der Waals surface area contributed by atoms with Gasteiger partial charge in [0.2, 0.25) is 0 Å². The predicted molar refractivity (Wildman–Crippen MR) is 107 cm³/mol. The van der Waals surface area contributed by atoms with Crippen LogP contribution in [0.3, 0.4) is 0 Å². The molecule has 0 aromatic heterocycles. The molecule has 1 unspecified atom stereocenters. The Bertz CT molecular complexity index is 414. The molecule has 5 nitrogen and oxygen atoms in total. The molecule has 0 amide bonds. The Morgan fingerprint density at radius 3 is 1.69 bits per heavy atom. The maximum Gasteiger partial charge on any atom is 0.329 e. The number of rotatable bonds is 16. The average Bonchev–Trinajstić information content (AvgIpc) is 2.60. The van der Waals surface area contributed by atoms with Gasteiger partial charge in [0, 0.05) is 0 Å². The van der Waals surface area contributed by atoms with Gasteiger partial charge in [0.25, 0.3) is 0 Å². The Morgan fingerprint density at radius 2 is 1.31 bits per heavy atom. The number of unbranched alkanes of at least 4 members (excludes halogenated alkanes) is 9. The third-order valence-corrected chi connectivity index (χ3v) is 7.21. The zero-order chi connectivity index (χ0) is 20.1. The van der Waals surface area contributed by atoms with Gasteiger partial charge in [-0.25, -0.2) is 0 Å². The van der Waals surface area contributed by atoms with Crippen molar-refractivity contribution in [2.45, 2.75) is 110 Å². The SMILES string of the molecule is CCCCCCCCCCCCOC(=O)C(CC)(CC)C(C)P(=O)(O)O. The first-order valence-corrected chi connectivity index (χ1v) is 12.2. The van der Waals surface area contributed by atoms with Gasteiger partial charge in [-0.2, -0.15) is 0 Å².